The summed E-state index contributed by atoms with van der Waals surface area (Å²) in [6.45, 7) is 2.78. The first kappa shape index (κ1) is 17.8. The third-order valence-electron chi connectivity index (χ3n) is 5.13. The van der Waals surface area contributed by atoms with Crippen LogP contribution in [-0.2, 0) is 6.54 Å². The number of nitrogens with zero attached hydrogens (tertiary/aromatic N) is 3. The van der Waals surface area contributed by atoms with Crippen LogP contribution in [0.4, 0.5) is 4.39 Å². The summed E-state index contributed by atoms with van der Waals surface area (Å²) in [6.07, 6.45) is 3.65. The lowest BCUT2D eigenvalue weighted by Gasteiger charge is -2.34. The molecule has 0 unspecified atom stereocenters. The zero-order chi connectivity index (χ0) is 18.5. The molecule has 27 heavy (non-hydrogen) atoms. The maximum Gasteiger partial charge on any atom is 0.145 e. The number of H-pyrrole nitrogens is 1. The summed E-state index contributed by atoms with van der Waals surface area (Å²) in [6, 6.07) is 17.6. The zero-order valence-electron chi connectivity index (χ0n) is 15.2. The second kappa shape index (κ2) is 8.41. The molecular weight excluding hydrogens is 341 g/mol. The molecule has 140 valence electrons. The van der Waals surface area contributed by atoms with Crippen molar-refractivity contribution in [1.29, 1.82) is 0 Å². The molecule has 0 bridgehead atoms. The fourth-order valence-electron chi connectivity index (χ4n) is 3.72. The van der Waals surface area contributed by atoms with Crippen molar-refractivity contribution in [2.24, 2.45) is 0 Å². The van der Waals surface area contributed by atoms with Crippen LogP contribution in [0.15, 0.2) is 60.9 Å². The topological polar surface area (TPSA) is 56.8 Å². The van der Waals surface area contributed by atoms with E-state index in [1.54, 1.807) is 18.5 Å². The van der Waals surface area contributed by atoms with Gasteiger partial charge in [0.25, 0.3) is 0 Å². The number of nitrogens with one attached hydrogen (secondary N) is 2. The average molecular weight is 365 g/mol. The van der Waals surface area contributed by atoms with Crippen LogP contribution in [0.2, 0.25) is 0 Å². The number of benzene rings is 2. The van der Waals surface area contributed by atoms with Gasteiger partial charge in [-0.1, -0.05) is 42.5 Å². The summed E-state index contributed by atoms with van der Waals surface area (Å²) >= 11 is 0. The van der Waals surface area contributed by atoms with E-state index in [1.807, 2.05) is 24.3 Å². The Morgan fingerprint density at radius 1 is 1.11 bits per heavy atom. The van der Waals surface area contributed by atoms with Crippen molar-refractivity contribution in [1.82, 2.24) is 25.4 Å². The van der Waals surface area contributed by atoms with Crippen LogP contribution in [-0.4, -0.2) is 39.2 Å². The van der Waals surface area contributed by atoms with Gasteiger partial charge < -0.3 is 5.32 Å². The van der Waals surface area contributed by atoms with Crippen LogP contribution >= 0.6 is 0 Å². The molecular formula is C21H24FN5. The molecule has 1 aliphatic rings. The molecule has 2 aromatic carbocycles. The molecule has 6 heteroatoms. The summed E-state index contributed by atoms with van der Waals surface area (Å²) in [4.78, 5) is 6.75. The molecule has 0 radical (unpaired) electrons. The van der Waals surface area contributed by atoms with E-state index in [-0.39, 0.29) is 11.9 Å². The van der Waals surface area contributed by atoms with Gasteiger partial charge in [0.15, 0.2) is 0 Å². The third-order valence-corrected chi connectivity index (χ3v) is 5.13. The first-order valence-corrected chi connectivity index (χ1v) is 9.41. The Kier molecular flexibility index (Phi) is 5.55. The highest BCUT2D eigenvalue weighted by Crippen LogP contribution is 2.22. The number of aromatic amines is 1. The number of rotatable bonds is 6. The van der Waals surface area contributed by atoms with E-state index in [2.05, 4.69) is 37.5 Å². The minimum absolute atomic E-state index is 0.00784. The Labute approximate surface area is 158 Å². The Hall–Kier alpha value is -2.57. The molecule has 1 saturated heterocycles. The molecule has 0 aliphatic carbocycles. The normalized spacial score (nSPS) is 17.1. The number of aromatic nitrogens is 3. The first-order chi connectivity index (χ1) is 13.3. The van der Waals surface area contributed by atoms with Crippen molar-refractivity contribution >= 4 is 0 Å². The van der Waals surface area contributed by atoms with E-state index in [4.69, 9.17) is 0 Å². The highest BCUT2D eigenvalue weighted by molar-refractivity contribution is 5.24. The van der Waals surface area contributed by atoms with E-state index >= 15 is 0 Å². The van der Waals surface area contributed by atoms with Crippen LogP contribution in [0.5, 0.6) is 0 Å². The monoisotopic (exact) mass is 365 g/mol. The fourth-order valence-corrected chi connectivity index (χ4v) is 3.72. The van der Waals surface area contributed by atoms with Crippen LogP contribution < -0.4 is 5.32 Å². The molecule has 4 rings (SSSR count). The van der Waals surface area contributed by atoms with E-state index in [0.29, 0.717) is 6.04 Å². The van der Waals surface area contributed by atoms with Crippen molar-refractivity contribution in [2.75, 3.05) is 13.1 Å². The van der Waals surface area contributed by atoms with Gasteiger partial charge in [-0.25, -0.2) is 9.37 Å². The van der Waals surface area contributed by atoms with Crippen molar-refractivity contribution in [3.05, 3.63) is 83.7 Å². The second-order valence-electron chi connectivity index (χ2n) is 7.06. The summed E-state index contributed by atoms with van der Waals surface area (Å²) in [7, 11) is 0. The predicted molar refractivity (Wildman–Crippen MR) is 103 cm³/mol. The number of likely N-dealkylation sites (tertiary alicyclic amines) is 1. The van der Waals surface area contributed by atoms with Crippen LogP contribution in [0.25, 0.3) is 0 Å². The Balaban J connectivity index is 1.37. The van der Waals surface area contributed by atoms with Crippen molar-refractivity contribution in [3.8, 4) is 0 Å². The highest BCUT2D eigenvalue weighted by Gasteiger charge is 2.24. The first-order valence-electron chi connectivity index (χ1n) is 9.41. The zero-order valence-corrected chi connectivity index (χ0v) is 15.2. The smallest absolute Gasteiger partial charge is 0.145 e. The minimum Gasteiger partial charge on any atom is -0.301 e. The molecule has 5 nitrogen and oxygen atoms in total. The Bertz CT molecular complexity index is 829. The molecule has 3 aromatic rings. The molecule has 0 saturated carbocycles. The van der Waals surface area contributed by atoms with Crippen LogP contribution in [0.1, 0.15) is 35.8 Å². The standard InChI is InChI=1S/C21H24FN5/c22-18-8-4-5-16(13-18)14-27-11-9-19(10-12-27)25-20(21-23-15-24-26-21)17-6-2-1-3-7-17/h1-8,13,15,19-20,25H,9-12,14H2,(H,23,24,26)/t20-/m1/s1. The quantitative estimate of drug-likeness (QED) is 0.704. The third kappa shape index (κ3) is 4.59. The van der Waals surface area contributed by atoms with Gasteiger partial charge in [0.2, 0.25) is 0 Å². The minimum atomic E-state index is -0.165. The Morgan fingerprint density at radius 2 is 1.93 bits per heavy atom. The molecule has 1 atom stereocenters. The maximum absolute atomic E-state index is 13.4. The lowest BCUT2D eigenvalue weighted by atomic mass is 10.00. The second-order valence-corrected chi connectivity index (χ2v) is 7.06. The van der Waals surface area contributed by atoms with Gasteiger partial charge in [0.1, 0.15) is 18.0 Å². The van der Waals surface area contributed by atoms with Gasteiger partial charge in [-0.05, 0) is 49.2 Å². The number of hydrogen-bond donors (Lipinski definition) is 2. The number of piperidine rings is 1. The molecule has 1 aliphatic heterocycles. The van der Waals surface area contributed by atoms with Gasteiger partial charge in [-0.2, -0.15) is 5.10 Å². The lowest BCUT2D eigenvalue weighted by Crippen LogP contribution is -2.43. The molecule has 0 spiro atoms. The molecule has 1 fully saturated rings. The van der Waals surface area contributed by atoms with Gasteiger partial charge >= 0.3 is 0 Å². The van der Waals surface area contributed by atoms with Crippen molar-refractivity contribution in [2.45, 2.75) is 31.5 Å². The van der Waals surface area contributed by atoms with Gasteiger partial charge in [0, 0.05) is 12.6 Å². The molecule has 1 aromatic heterocycles. The van der Waals surface area contributed by atoms with Crippen molar-refractivity contribution < 1.29 is 4.39 Å². The van der Waals surface area contributed by atoms with Crippen LogP contribution in [0, 0.1) is 5.82 Å². The number of halogens is 1. The fraction of sp³-hybridized carbons (Fsp3) is 0.333. The highest BCUT2D eigenvalue weighted by atomic mass is 19.1. The molecule has 0 amide bonds. The maximum atomic E-state index is 13.4. The largest absolute Gasteiger partial charge is 0.301 e. The van der Waals surface area contributed by atoms with E-state index in [9.17, 15) is 4.39 Å². The van der Waals surface area contributed by atoms with E-state index < -0.39 is 0 Å². The predicted octanol–water partition coefficient (Wildman–Crippen LogP) is 3.29. The van der Waals surface area contributed by atoms with Crippen molar-refractivity contribution in [3.63, 3.8) is 0 Å². The van der Waals surface area contributed by atoms with Crippen LogP contribution in [0.3, 0.4) is 0 Å². The summed E-state index contributed by atoms with van der Waals surface area (Å²) in [5.74, 6) is 0.671. The average Bonchev–Trinajstić information content (AvgIpc) is 3.23. The SMILES string of the molecule is Fc1cccc(CN2CCC(N[C@H](c3ccccc3)c3ncn[nH]3)CC2)c1. The number of hydrogen-bond acceptors (Lipinski definition) is 4. The summed E-state index contributed by atoms with van der Waals surface area (Å²) in [5, 5.41) is 10.8. The van der Waals surface area contributed by atoms with E-state index in [1.165, 1.54) is 11.6 Å². The summed E-state index contributed by atoms with van der Waals surface area (Å²) < 4.78 is 13.4. The van der Waals surface area contributed by atoms with Gasteiger partial charge in [-0.3, -0.25) is 10.00 Å². The summed E-state index contributed by atoms with van der Waals surface area (Å²) in [5.41, 5.74) is 2.21. The van der Waals surface area contributed by atoms with E-state index in [0.717, 1.165) is 43.9 Å². The Morgan fingerprint density at radius 3 is 2.63 bits per heavy atom. The molecule has 2 heterocycles. The molecule has 2 N–H and O–H groups in total. The van der Waals surface area contributed by atoms with Gasteiger partial charge in [-0.15, -0.1) is 0 Å². The van der Waals surface area contributed by atoms with Gasteiger partial charge in [0.05, 0.1) is 6.04 Å². The lowest BCUT2D eigenvalue weighted by molar-refractivity contribution is 0.186.